The van der Waals surface area contributed by atoms with Gasteiger partial charge >= 0.3 is 0 Å². The molecule has 0 aromatic heterocycles. The van der Waals surface area contributed by atoms with Crippen molar-refractivity contribution in [3.63, 3.8) is 0 Å². The first kappa shape index (κ1) is 15.4. The highest BCUT2D eigenvalue weighted by Gasteiger charge is 2.43. The molecule has 1 aromatic carbocycles. The molecule has 1 N–H and O–H groups in total. The Hall–Kier alpha value is -0.450. The van der Waals surface area contributed by atoms with E-state index in [-0.39, 0.29) is 11.4 Å². The smallest absolute Gasteiger partial charge is 0.137 e. The highest BCUT2D eigenvalue weighted by atomic mass is 79.9. The molecule has 0 amide bonds. The number of nitrogens with one attached hydrogen (secondary N) is 1. The Labute approximate surface area is 135 Å². The number of halogens is 2. The first-order chi connectivity index (χ1) is 9.98. The second-order valence-electron chi connectivity index (χ2n) is 6.91. The molecule has 2 nitrogen and oxygen atoms in total. The molecule has 1 aliphatic carbocycles. The van der Waals surface area contributed by atoms with E-state index in [0.717, 1.165) is 25.6 Å². The molecule has 3 rings (SSSR count). The Morgan fingerprint density at radius 1 is 1.38 bits per heavy atom. The van der Waals surface area contributed by atoms with Crippen LogP contribution < -0.4 is 5.32 Å². The predicted octanol–water partition coefficient (Wildman–Crippen LogP) is 3.94. The average molecular weight is 355 g/mol. The first-order valence-electron chi connectivity index (χ1n) is 7.91. The van der Waals surface area contributed by atoms with Gasteiger partial charge in [0, 0.05) is 24.7 Å². The number of hydrogen-bond donors (Lipinski definition) is 1. The maximum atomic E-state index is 13.4. The van der Waals surface area contributed by atoms with Gasteiger partial charge in [-0.3, -0.25) is 4.90 Å². The summed E-state index contributed by atoms with van der Waals surface area (Å²) in [5.41, 5.74) is 1.41. The Morgan fingerprint density at radius 3 is 2.81 bits per heavy atom. The monoisotopic (exact) mass is 354 g/mol. The Kier molecular flexibility index (Phi) is 4.40. The van der Waals surface area contributed by atoms with Gasteiger partial charge < -0.3 is 5.32 Å². The van der Waals surface area contributed by atoms with Crippen molar-refractivity contribution in [2.45, 2.75) is 51.2 Å². The lowest BCUT2D eigenvalue weighted by Gasteiger charge is -2.36. The zero-order chi connectivity index (χ0) is 15.0. The van der Waals surface area contributed by atoms with E-state index in [9.17, 15) is 4.39 Å². The maximum Gasteiger partial charge on any atom is 0.137 e. The van der Waals surface area contributed by atoms with E-state index < -0.39 is 0 Å². The van der Waals surface area contributed by atoms with Gasteiger partial charge in [0.15, 0.2) is 0 Å². The molecule has 1 saturated heterocycles. The topological polar surface area (TPSA) is 15.3 Å². The van der Waals surface area contributed by atoms with Crippen LogP contribution in [0.1, 0.15) is 38.7 Å². The normalized spacial score (nSPS) is 31.1. The zero-order valence-electron chi connectivity index (χ0n) is 12.8. The summed E-state index contributed by atoms with van der Waals surface area (Å²) in [4.78, 5) is 2.55. The molecular formula is C17H24BrFN2. The Bertz CT molecular complexity index is 518. The minimum absolute atomic E-state index is 0.188. The van der Waals surface area contributed by atoms with Crippen LogP contribution in [-0.2, 0) is 6.54 Å². The van der Waals surface area contributed by atoms with Gasteiger partial charge in [-0.25, -0.2) is 4.39 Å². The molecular weight excluding hydrogens is 331 g/mol. The summed E-state index contributed by atoms with van der Waals surface area (Å²) in [6.07, 6.45) is 3.88. The SMILES string of the molecule is CC1CCNC(C)(C2CC2)CN1Cc1ccc(F)c(Br)c1. The molecule has 116 valence electrons. The fourth-order valence-electron chi connectivity index (χ4n) is 3.46. The fraction of sp³-hybridized carbons (Fsp3) is 0.647. The molecule has 2 atom stereocenters. The van der Waals surface area contributed by atoms with E-state index in [1.165, 1.54) is 24.8 Å². The highest BCUT2D eigenvalue weighted by molar-refractivity contribution is 9.10. The van der Waals surface area contributed by atoms with E-state index in [0.29, 0.717) is 10.5 Å². The highest BCUT2D eigenvalue weighted by Crippen LogP contribution is 2.41. The second kappa shape index (κ2) is 5.98. The maximum absolute atomic E-state index is 13.4. The molecule has 4 heteroatoms. The van der Waals surface area contributed by atoms with E-state index in [1.807, 2.05) is 12.1 Å². The molecule has 21 heavy (non-hydrogen) atoms. The van der Waals surface area contributed by atoms with Gasteiger partial charge in [-0.2, -0.15) is 0 Å². The average Bonchev–Trinajstić information content (AvgIpc) is 3.26. The van der Waals surface area contributed by atoms with Crippen molar-refractivity contribution in [2.75, 3.05) is 13.1 Å². The van der Waals surface area contributed by atoms with Crippen molar-refractivity contribution >= 4 is 15.9 Å². The molecule has 0 bridgehead atoms. The Balaban J connectivity index is 1.76. The van der Waals surface area contributed by atoms with Crippen LogP contribution in [0.25, 0.3) is 0 Å². The van der Waals surface area contributed by atoms with Crippen molar-refractivity contribution in [3.8, 4) is 0 Å². The summed E-state index contributed by atoms with van der Waals surface area (Å²) < 4.78 is 13.9. The van der Waals surface area contributed by atoms with Crippen molar-refractivity contribution in [1.29, 1.82) is 0 Å². The van der Waals surface area contributed by atoms with Gasteiger partial charge in [0.05, 0.1) is 4.47 Å². The van der Waals surface area contributed by atoms with Gasteiger partial charge in [-0.15, -0.1) is 0 Å². The van der Waals surface area contributed by atoms with E-state index in [1.54, 1.807) is 6.07 Å². The van der Waals surface area contributed by atoms with Gasteiger partial charge in [0.2, 0.25) is 0 Å². The fourth-order valence-corrected chi connectivity index (χ4v) is 3.89. The summed E-state index contributed by atoms with van der Waals surface area (Å²) in [5, 5.41) is 3.78. The van der Waals surface area contributed by atoms with Crippen LogP contribution in [0.15, 0.2) is 22.7 Å². The van der Waals surface area contributed by atoms with Crippen molar-refractivity contribution in [3.05, 3.63) is 34.1 Å². The predicted molar refractivity (Wildman–Crippen MR) is 87.7 cm³/mol. The van der Waals surface area contributed by atoms with Crippen LogP contribution in [-0.4, -0.2) is 29.6 Å². The molecule has 0 radical (unpaired) electrons. The van der Waals surface area contributed by atoms with E-state index in [2.05, 4.69) is 40.0 Å². The number of nitrogens with zero attached hydrogens (tertiary/aromatic N) is 1. The molecule has 2 unspecified atom stereocenters. The van der Waals surface area contributed by atoms with E-state index >= 15 is 0 Å². The number of hydrogen-bond acceptors (Lipinski definition) is 2. The number of rotatable bonds is 3. The molecule has 1 saturated carbocycles. The van der Waals surface area contributed by atoms with Crippen LogP contribution in [0.3, 0.4) is 0 Å². The molecule has 2 fully saturated rings. The third-order valence-electron chi connectivity index (χ3n) is 5.09. The lowest BCUT2D eigenvalue weighted by atomic mass is 9.95. The lowest BCUT2D eigenvalue weighted by molar-refractivity contribution is 0.155. The van der Waals surface area contributed by atoms with Crippen molar-refractivity contribution < 1.29 is 4.39 Å². The summed E-state index contributed by atoms with van der Waals surface area (Å²) in [5.74, 6) is 0.636. The Morgan fingerprint density at radius 2 is 2.14 bits per heavy atom. The van der Waals surface area contributed by atoms with Crippen LogP contribution in [0, 0.1) is 11.7 Å². The largest absolute Gasteiger partial charge is 0.310 e. The third kappa shape index (κ3) is 3.49. The standard InChI is InChI=1S/C17H24BrFN2/c1-12-7-8-20-17(2,14-4-5-14)11-21(12)10-13-3-6-16(19)15(18)9-13/h3,6,9,12,14,20H,4-5,7-8,10-11H2,1-2H3. The summed E-state index contributed by atoms with van der Waals surface area (Å²) in [6, 6.07) is 5.93. The molecule has 1 heterocycles. The first-order valence-corrected chi connectivity index (χ1v) is 8.70. The van der Waals surface area contributed by atoms with Gasteiger partial charge in [-0.05, 0) is 79.2 Å². The van der Waals surface area contributed by atoms with Crippen molar-refractivity contribution in [2.24, 2.45) is 5.92 Å². The molecule has 2 aliphatic rings. The summed E-state index contributed by atoms with van der Waals surface area (Å²) in [7, 11) is 0. The molecule has 1 aromatic rings. The minimum Gasteiger partial charge on any atom is -0.310 e. The van der Waals surface area contributed by atoms with Gasteiger partial charge in [0.1, 0.15) is 5.82 Å². The van der Waals surface area contributed by atoms with Crippen LogP contribution in [0.2, 0.25) is 0 Å². The molecule has 0 spiro atoms. The summed E-state index contributed by atoms with van der Waals surface area (Å²) >= 11 is 3.29. The van der Waals surface area contributed by atoms with Gasteiger partial charge in [-0.1, -0.05) is 6.07 Å². The second-order valence-corrected chi connectivity index (χ2v) is 7.76. The lowest BCUT2D eigenvalue weighted by Crippen LogP contribution is -2.51. The van der Waals surface area contributed by atoms with Crippen LogP contribution >= 0.6 is 15.9 Å². The van der Waals surface area contributed by atoms with Crippen LogP contribution in [0.5, 0.6) is 0 Å². The van der Waals surface area contributed by atoms with Crippen molar-refractivity contribution in [1.82, 2.24) is 10.2 Å². The molecule has 1 aliphatic heterocycles. The number of benzene rings is 1. The third-order valence-corrected chi connectivity index (χ3v) is 5.70. The zero-order valence-corrected chi connectivity index (χ0v) is 14.4. The quantitative estimate of drug-likeness (QED) is 0.884. The van der Waals surface area contributed by atoms with Crippen LogP contribution in [0.4, 0.5) is 4.39 Å². The minimum atomic E-state index is -0.188. The van der Waals surface area contributed by atoms with E-state index in [4.69, 9.17) is 0 Å². The van der Waals surface area contributed by atoms with Gasteiger partial charge in [0.25, 0.3) is 0 Å². The summed E-state index contributed by atoms with van der Waals surface area (Å²) in [6.45, 7) is 7.74.